The number of benzene rings is 2. The first-order valence-electron chi connectivity index (χ1n) is 6.97. The van der Waals surface area contributed by atoms with Gasteiger partial charge in [0.1, 0.15) is 5.82 Å². The molecule has 0 bridgehead atoms. The molecule has 0 unspecified atom stereocenters. The normalized spacial score (nSPS) is 10.1. The lowest BCUT2D eigenvalue weighted by atomic mass is 10.1. The van der Waals surface area contributed by atoms with Gasteiger partial charge in [-0.1, -0.05) is 19.1 Å². The van der Waals surface area contributed by atoms with Crippen molar-refractivity contribution < 1.29 is 14.0 Å². The molecule has 0 spiro atoms. The Balaban J connectivity index is 2.17. The van der Waals surface area contributed by atoms with Crippen LogP contribution < -0.4 is 10.6 Å². The number of amides is 2. The van der Waals surface area contributed by atoms with Crippen molar-refractivity contribution >= 4 is 23.2 Å². The second kappa shape index (κ2) is 6.85. The number of aryl methyl sites for hydroxylation is 1. The van der Waals surface area contributed by atoms with Gasteiger partial charge >= 0.3 is 0 Å². The van der Waals surface area contributed by atoms with Crippen molar-refractivity contribution in [1.82, 2.24) is 0 Å². The topological polar surface area (TPSA) is 58.2 Å². The van der Waals surface area contributed by atoms with Gasteiger partial charge in [0.05, 0.1) is 5.69 Å². The van der Waals surface area contributed by atoms with Crippen molar-refractivity contribution in [1.29, 1.82) is 0 Å². The second-order valence-corrected chi connectivity index (χ2v) is 4.88. The minimum atomic E-state index is -0.562. The maximum absolute atomic E-state index is 13.8. The van der Waals surface area contributed by atoms with Gasteiger partial charge in [-0.2, -0.15) is 0 Å². The van der Waals surface area contributed by atoms with Gasteiger partial charge in [0.25, 0.3) is 5.91 Å². The largest absolute Gasteiger partial charge is 0.326 e. The van der Waals surface area contributed by atoms with Gasteiger partial charge in [0, 0.05) is 18.2 Å². The summed E-state index contributed by atoms with van der Waals surface area (Å²) in [6, 6.07) is 11.1. The molecule has 0 aromatic heterocycles. The van der Waals surface area contributed by atoms with E-state index in [0.29, 0.717) is 11.3 Å². The number of hydrogen-bond acceptors (Lipinski definition) is 2. The van der Waals surface area contributed by atoms with E-state index in [0.717, 1.165) is 12.0 Å². The summed E-state index contributed by atoms with van der Waals surface area (Å²) >= 11 is 0. The molecular formula is C17H17FN2O2. The van der Waals surface area contributed by atoms with E-state index in [4.69, 9.17) is 0 Å². The Labute approximate surface area is 128 Å². The predicted octanol–water partition coefficient (Wildman–Crippen LogP) is 3.60. The molecule has 4 nitrogen and oxygen atoms in total. The minimum absolute atomic E-state index is 0.0239. The van der Waals surface area contributed by atoms with E-state index in [1.54, 1.807) is 12.1 Å². The Morgan fingerprint density at radius 1 is 1.05 bits per heavy atom. The average molecular weight is 300 g/mol. The van der Waals surface area contributed by atoms with Crippen LogP contribution in [0.4, 0.5) is 15.8 Å². The zero-order valence-electron chi connectivity index (χ0n) is 12.4. The van der Waals surface area contributed by atoms with Crippen LogP contribution in [0.3, 0.4) is 0 Å². The number of anilines is 2. The maximum atomic E-state index is 13.8. The van der Waals surface area contributed by atoms with Crippen LogP contribution in [0.25, 0.3) is 0 Å². The molecule has 0 fully saturated rings. The predicted molar refractivity (Wildman–Crippen MR) is 84.5 cm³/mol. The zero-order chi connectivity index (χ0) is 16.1. The molecule has 0 aliphatic heterocycles. The minimum Gasteiger partial charge on any atom is -0.326 e. The molecule has 22 heavy (non-hydrogen) atoms. The number of carbonyl (C=O) groups excluding carboxylic acids is 2. The van der Waals surface area contributed by atoms with Gasteiger partial charge in [-0.15, -0.1) is 0 Å². The molecule has 2 rings (SSSR count). The smallest absolute Gasteiger partial charge is 0.255 e. The van der Waals surface area contributed by atoms with E-state index < -0.39 is 11.7 Å². The monoisotopic (exact) mass is 300 g/mol. The fourth-order valence-electron chi connectivity index (χ4n) is 1.99. The standard InChI is InChI=1S/C17H17FN2O2/c1-3-12-4-6-13(7-5-12)17(22)20-16-10-14(19-11(2)21)8-9-15(16)18/h4-10H,3H2,1-2H3,(H,19,21)(H,20,22). The lowest BCUT2D eigenvalue weighted by Crippen LogP contribution is -2.14. The van der Waals surface area contributed by atoms with E-state index in [1.807, 2.05) is 19.1 Å². The Hall–Kier alpha value is -2.69. The molecule has 0 aliphatic carbocycles. The molecular weight excluding hydrogens is 283 g/mol. The molecule has 0 radical (unpaired) electrons. The number of rotatable bonds is 4. The molecule has 5 heteroatoms. The van der Waals surface area contributed by atoms with Crippen LogP contribution in [0.2, 0.25) is 0 Å². The van der Waals surface area contributed by atoms with Crippen molar-refractivity contribution in [3.63, 3.8) is 0 Å². The second-order valence-electron chi connectivity index (χ2n) is 4.88. The van der Waals surface area contributed by atoms with Crippen molar-refractivity contribution in [3.8, 4) is 0 Å². The quantitative estimate of drug-likeness (QED) is 0.906. The molecule has 2 N–H and O–H groups in total. The van der Waals surface area contributed by atoms with Crippen molar-refractivity contribution in [2.24, 2.45) is 0 Å². The summed E-state index contributed by atoms with van der Waals surface area (Å²) in [6.07, 6.45) is 0.884. The van der Waals surface area contributed by atoms with Gasteiger partial charge in [0.15, 0.2) is 0 Å². The first-order chi connectivity index (χ1) is 10.5. The van der Waals surface area contributed by atoms with Gasteiger partial charge in [-0.3, -0.25) is 9.59 Å². The molecule has 0 heterocycles. The summed E-state index contributed by atoms with van der Waals surface area (Å²) < 4.78 is 13.8. The summed E-state index contributed by atoms with van der Waals surface area (Å²) in [5.74, 6) is -1.23. The molecule has 0 saturated carbocycles. The summed E-state index contributed by atoms with van der Waals surface area (Å²) in [5, 5.41) is 5.06. The van der Waals surface area contributed by atoms with Crippen LogP contribution in [0.15, 0.2) is 42.5 Å². The highest BCUT2D eigenvalue weighted by Crippen LogP contribution is 2.20. The van der Waals surface area contributed by atoms with Crippen molar-refractivity contribution in [2.75, 3.05) is 10.6 Å². The van der Waals surface area contributed by atoms with Gasteiger partial charge < -0.3 is 10.6 Å². The molecule has 2 aromatic carbocycles. The number of nitrogens with one attached hydrogen (secondary N) is 2. The van der Waals surface area contributed by atoms with Crippen LogP contribution in [-0.2, 0) is 11.2 Å². The van der Waals surface area contributed by atoms with Crippen LogP contribution in [0.1, 0.15) is 29.8 Å². The van der Waals surface area contributed by atoms with Crippen molar-refractivity contribution in [3.05, 3.63) is 59.4 Å². The van der Waals surface area contributed by atoms with Crippen molar-refractivity contribution in [2.45, 2.75) is 20.3 Å². The first kappa shape index (κ1) is 15.7. The highest BCUT2D eigenvalue weighted by atomic mass is 19.1. The molecule has 0 saturated heterocycles. The fourth-order valence-corrected chi connectivity index (χ4v) is 1.99. The Bertz CT molecular complexity index is 696. The highest BCUT2D eigenvalue weighted by molar-refractivity contribution is 6.04. The summed E-state index contributed by atoms with van der Waals surface area (Å²) in [5.41, 5.74) is 2.01. The van der Waals surface area contributed by atoms with Crippen LogP contribution >= 0.6 is 0 Å². The molecule has 0 atom stereocenters. The molecule has 114 valence electrons. The fraction of sp³-hybridized carbons (Fsp3) is 0.176. The first-order valence-corrected chi connectivity index (χ1v) is 6.97. The SMILES string of the molecule is CCc1ccc(C(=O)Nc2cc(NC(C)=O)ccc2F)cc1. The van der Waals surface area contributed by atoms with Crippen LogP contribution in [0.5, 0.6) is 0 Å². The van der Waals surface area contributed by atoms with Crippen LogP contribution in [-0.4, -0.2) is 11.8 Å². The third-order valence-corrected chi connectivity index (χ3v) is 3.16. The summed E-state index contributed by atoms with van der Waals surface area (Å²) in [4.78, 5) is 23.2. The molecule has 0 aliphatic rings. The van der Waals surface area contributed by atoms with Crippen LogP contribution in [0, 0.1) is 5.82 Å². The lowest BCUT2D eigenvalue weighted by Gasteiger charge is -2.09. The summed E-state index contributed by atoms with van der Waals surface area (Å²) in [7, 11) is 0. The van der Waals surface area contributed by atoms with E-state index in [2.05, 4.69) is 10.6 Å². The highest BCUT2D eigenvalue weighted by Gasteiger charge is 2.10. The molecule has 2 aromatic rings. The van der Waals surface area contributed by atoms with E-state index >= 15 is 0 Å². The van der Waals surface area contributed by atoms with Gasteiger partial charge in [-0.05, 0) is 42.3 Å². The van der Waals surface area contributed by atoms with E-state index in [1.165, 1.54) is 25.1 Å². The van der Waals surface area contributed by atoms with Gasteiger partial charge in [0.2, 0.25) is 5.91 Å². The number of halogens is 1. The molecule has 2 amide bonds. The Morgan fingerprint density at radius 2 is 1.73 bits per heavy atom. The number of carbonyl (C=O) groups is 2. The van der Waals surface area contributed by atoms with Gasteiger partial charge in [-0.25, -0.2) is 4.39 Å². The average Bonchev–Trinajstić information content (AvgIpc) is 2.50. The van der Waals surface area contributed by atoms with E-state index in [-0.39, 0.29) is 11.6 Å². The van der Waals surface area contributed by atoms with E-state index in [9.17, 15) is 14.0 Å². The maximum Gasteiger partial charge on any atom is 0.255 e. The third kappa shape index (κ3) is 3.91. The lowest BCUT2D eigenvalue weighted by molar-refractivity contribution is -0.114. The number of hydrogen-bond donors (Lipinski definition) is 2. The summed E-state index contributed by atoms with van der Waals surface area (Å²) in [6.45, 7) is 3.38. The Kier molecular flexibility index (Phi) is 4.88. The Morgan fingerprint density at radius 3 is 2.32 bits per heavy atom. The third-order valence-electron chi connectivity index (χ3n) is 3.16. The zero-order valence-corrected chi connectivity index (χ0v) is 12.4.